The average Bonchev–Trinajstić information content (AvgIpc) is 2.55. The fraction of sp³-hybridized carbons (Fsp3) is 0.333. The first-order valence-electron chi connectivity index (χ1n) is 8.20. The molecule has 0 spiro atoms. The minimum absolute atomic E-state index is 0.0601. The largest absolute Gasteiger partial charge is 0.300 e. The summed E-state index contributed by atoms with van der Waals surface area (Å²) in [5, 5.41) is 0. The van der Waals surface area contributed by atoms with Crippen molar-refractivity contribution in [2.24, 2.45) is 5.92 Å². The summed E-state index contributed by atoms with van der Waals surface area (Å²) in [6, 6.07) is 17.8. The highest BCUT2D eigenvalue weighted by Crippen LogP contribution is 2.18. The van der Waals surface area contributed by atoms with Crippen molar-refractivity contribution in [3.05, 3.63) is 71.3 Å². The summed E-state index contributed by atoms with van der Waals surface area (Å²) in [4.78, 5) is 24.2. The topological polar surface area (TPSA) is 34.1 Å². The van der Waals surface area contributed by atoms with Gasteiger partial charge in [-0.3, -0.25) is 9.59 Å². The van der Waals surface area contributed by atoms with Gasteiger partial charge in [-0.25, -0.2) is 0 Å². The van der Waals surface area contributed by atoms with Crippen LogP contribution in [-0.2, 0) is 11.2 Å². The molecule has 0 fully saturated rings. The molecule has 0 aliphatic heterocycles. The lowest BCUT2D eigenvalue weighted by molar-refractivity contribution is -0.120. The Kier molecular flexibility index (Phi) is 6.28. The Bertz CT molecular complexity index is 641. The molecule has 0 aromatic heterocycles. The zero-order valence-electron chi connectivity index (χ0n) is 13.9. The number of ketones is 2. The second-order valence-electron chi connectivity index (χ2n) is 6.18. The van der Waals surface area contributed by atoms with Gasteiger partial charge in [0, 0.05) is 17.9 Å². The minimum atomic E-state index is -0.174. The van der Waals surface area contributed by atoms with Crippen molar-refractivity contribution in [1.29, 1.82) is 0 Å². The normalized spacial score (nSPS) is 11.9. The predicted octanol–water partition coefficient (Wildman–Crippen LogP) is 4.80. The Hall–Kier alpha value is -2.22. The molecule has 2 heteroatoms. The van der Waals surface area contributed by atoms with Crippen molar-refractivity contribution >= 4 is 11.6 Å². The van der Waals surface area contributed by atoms with Crippen LogP contribution in [0.5, 0.6) is 0 Å². The van der Waals surface area contributed by atoms with Gasteiger partial charge >= 0.3 is 0 Å². The van der Waals surface area contributed by atoms with Crippen molar-refractivity contribution < 1.29 is 9.59 Å². The van der Waals surface area contributed by atoms with E-state index in [1.807, 2.05) is 49.4 Å². The van der Waals surface area contributed by atoms with Gasteiger partial charge in [0.25, 0.3) is 0 Å². The van der Waals surface area contributed by atoms with E-state index in [2.05, 4.69) is 12.1 Å². The molecule has 0 N–H and O–H groups in total. The first kappa shape index (κ1) is 17.1. The molecule has 0 amide bonds. The van der Waals surface area contributed by atoms with Crippen LogP contribution >= 0.6 is 0 Å². The standard InChI is InChI=1S/C21H24O2/c1-16-11-13-19(14-12-16)21(23)15-20(17(2)22)10-6-9-18-7-4-3-5-8-18/h3-5,7-8,11-14,20H,6,9-10,15H2,1-2H3. The maximum absolute atomic E-state index is 12.4. The Morgan fingerprint density at radius 2 is 1.61 bits per heavy atom. The van der Waals surface area contributed by atoms with Crippen molar-refractivity contribution in [1.82, 2.24) is 0 Å². The van der Waals surface area contributed by atoms with E-state index in [0.717, 1.165) is 24.8 Å². The molecule has 0 saturated heterocycles. The van der Waals surface area contributed by atoms with Gasteiger partial charge in [-0.1, -0.05) is 60.2 Å². The first-order valence-corrected chi connectivity index (χ1v) is 8.20. The van der Waals surface area contributed by atoms with Gasteiger partial charge in [-0.15, -0.1) is 0 Å². The molecule has 0 aliphatic carbocycles. The molecule has 0 aliphatic rings. The van der Waals surface area contributed by atoms with E-state index in [0.29, 0.717) is 12.0 Å². The fourth-order valence-electron chi connectivity index (χ4n) is 2.73. The molecule has 120 valence electrons. The number of carbonyl (C=O) groups excluding carboxylic acids is 2. The van der Waals surface area contributed by atoms with Crippen molar-refractivity contribution in [3.63, 3.8) is 0 Å². The van der Waals surface area contributed by atoms with Crippen molar-refractivity contribution in [2.75, 3.05) is 0 Å². The van der Waals surface area contributed by atoms with E-state index >= 15 is 0 Å². The van der Waals surface area contributed by atoms with E-state index in [1.165, 1.54) is 5.56 Å². The number of Topliss-reactive ketones (excluding diaryl/α,β-unsaturated/α-hetero) is 2. The summed E-state index contributed by atoms with van der Waals surface area (Å²) in [7, 11) is 0. The van der Waals surface area contributed by atoms with Crippen LogP contribution in [0.15, 0.2) is 54.6 Å². The molecule has 2 nitrogen and oxygen atoms in total. The molecule has 0 radical (unpaired) electrons. The third-order valence-corrected chi connectivity index (χ3v) is 4.24. The van der Waals surface area contributed by atoms with E-state index in [9.17, 15) is 9.59 Å². The molecule has 0 heterocycles. The highest BCUT2D eigenvalue weighted by Gasteiger charge is 2.19. The number of benzene rings is 2. The molecule has 0 bridgehead atoms. The Morgan fingerprint density at radius 1 is 0.957 bits per heavy atom. The smallest absolute Gasteiger partial charge is 0.163 e. The predicted molar refractivity (Wildman–Crippen MR) is 93.7 cm³/mol. The minimum Gasteiger partial charge on any atom is -0.300 e. The van der Waals surface area contributed by atoms with E-state index in [-0.39, 0.29) is 17.5 Å². The number of rotatable bonds is 8. The molecule has 2 aromatic carbocycles. The van der Waals surface area contributed by atoms with Crippen molar-refractivity contribution in [2.45, 2.75) is 39.5 Å². The van der Waals surface area contributed by atoms with Crippen LogP contribution in [0.1, 0.15) is 47.7 Å². The lowest BCUT2D eigenvalue weighted by Crippen LogP contribution is -2.16. The molecule has 2 aromatic rings. The van der Waals surface area contributed by atoms with E-state index in [1.54, 1.807) is 6.92 Å². The van der Waals surface area contributed by atoms with Gasteiger partial charge in [0.15, 0.2) is 5.78 Å². The SMILES string of the molecule is CC(=O)C(CCCc1ccccc1)CC(=O)c1ccc(C)cc1. The Labute approximate surface area is 138 Å². The monoisotopic (exact) mass is 308 g/mol. The molecular weight excluding hydrogens is 284 g/mol. The second-order valence-corrected chi connectivity index (χ2v) is 6.18. The third-order valence-electron chi connectivity index (χ3n) is 4.24. The summed E-state index contributed by atoms with van der Waals surface area (Å²) >= 11 is 0. The van der Waals surface area contributed by atoms with Crippen LogP contribution in [0.2, 0.25) is 0 Å². The molecule has 0 saturated carbocycles. The summed E-state index contributed by atoms with van der Waals surface area (Å²) in [6.45, 7) is 3.59. The average molecular weight is 308 g/mol. The first-order chi connectivity index (χ1) is 11.1. The number of carbonyl (C=O) groups is 2. The zero-order chi connectivity index (χ0) is 16.7. The van der Waals surface area contributed by atoms with E-state index < -0.39 is 0 Å². The lowest BCUT2D eigenvalue weighted by Gasteiger charge is -2.13. The summed E-state index contributed by atoms with van der Waals surface area (Å²) in [5.74, 6) is -0.00375. The number of hydrogen-bond acceptors (Lipinski definition) is 2. The van der Waals surface area contributed by atoms with Crippen LogP contribution in [0, 0.1) is 12.8 Å². The molecule has 23 heavy (non-hydrogen) atoms. The van der Waals surface area contributed by atoms with Gasteiger partial charge in [0.2, 0.25) is 0 Å². The molecule has 1 unspecified atom stereocenters. The van der Waals surface area contributed by atoms with Gasteiger partial charge in [-0.2, -0.15) is 0 Å². The maximum atomic E-state index is 12.4. The van der Waals surface area contributed by atoms with Gasteiger partial charge < -0.3 is 0 Å². The fourth-order valence-corrected chi connectivity index (χ4v) is 2.73. The van der Waals surface area contributed by atoms with Crippen LogP contribution < -0.4 is 0 Å². The van der Waals surface area contributed by atoms with Crippen LogP contribution in [0.25, 0.3) is 0 Å². The molecular formula is C21H24O2. The Balaban J connectivity index is 1.89. The van der Waals surface area contributed by atoms with Crippen molar-refractivity contribution in [3.8, 4) is 0 Å². The zero-order valence-corrected chi connectivity index (χ0v) is 13.9. The van der Waals surface area contributed by atoms with Gasteiger partial charge in [0.1, 0.15) is 5.78 Å². The molecule has 1 atom stereocenters. The number of hydrogen-bond donors (Lipinski definition) is 0. The van der Waals surface area contributed by atoms with Gasteiger partial charge in [0.05, 0.1) is 0 Å². The van der Waals surface area contributed by atoms with Crippen LogP contribution in [0.4, 0.5) is 0 Å². The third kappa shape index (κ3) is 5.48. The second kappa shape index (κ2) is 8.42. The number of aryl methyl sites for hydroxylation is 2. The maximum Gasteiger partial charge on any atom is 0.163 e. The van der Waals surface area contributed by atoms with Crippen LogP contribution in [-0.4, -0.2) is 11.6 Å². The summed E-state index contributed by atoms with van der Waals surface area (Å²) in [5.41, 5.74) is 3.11. The lowest BCUT2D eigenvalue weighted by atomic mass is 9.90. The molecule has 2 rings (SSSR count). The van der Waals surface area contributed by atoms with Gasteiger partial charge in [-0.05, 0) is 38.7 Å². The van der Waals surface area contributed by atoms with E-state index in [4.69, 9.17) is 0 Å². The van der Waals surface area contributed by atoms with Crippen LogP contribution in [0.3, 0.4) is 0 Å². The summed E-state index contributed by atoms with van der Waals surface area (Å²) < 4.78 is 0. The highest BCUT2D eigenvalue weighted by molar-refractivity contribution is 5.98. The highest BCUT2D eigenvalue weighted by atomic mass is 16.1. The Morgan fingerprint density at radius 3 is 2.22 bits per heavy atom. The quantitative estimate of drug-likeness (QED) is 0.657. The summed E-state index contributed by atoms with van der Waals surface area (Å²) in [6.07, 6.45) is 2.95.